The van der Waals surface area contributed by atoms with E-state index < -0.39 is 0 Å². The number of H-pyrrole nitrogens is 1. The summed E-state index contributed by atoms with van der Waals surface area (Å²) in [4.78, 5) is 2.48. The van der Waals surface area contributed by atoms with Crippen LogP contribution in [0.25, 0.3) is 0 Å². The van der Waals surface area contributed by atoms with Gasteiger partial charge < -0.3 is 5.11 Å². The monoisotopic (exact) mass is 355 g/mol. The van der Waals surface area contributed by atoms with Crippen LogP contribution in [0.5, 0.6) is 0 Å². The molecule has 1 aromatic heterocycles. The van der Waals surface area contributed by atoms with E-state index in [1.807, 2.05) is 0 Å². The number of aromatic amines is 1. The molecular weight excluding hydrogens is 322 g/mol. The van der Waals surface area contributed by atoms with Gasteiger partial charge in [-0.1, -0.05) is 44.2 Å². The molecule has 1 saturated heterocycles. The number of piperidine rings is 1. The van der Waals surface area contributed by atoms with E-state index in [4.69, 9.17) is 0 Å². The van der Waals surface area contributed by atoms with Crippen molar-refractivity contribution in [2.75, 3.05) is 19.7 Å². The zero-order valence-corrected chi connectivity index (χ0v) is 16.2. The predicted molar refractivity (Wildman–Crippen MR) is 106 cm³/mol. The second-order valence-electron chi connectivity index (χ2n) is 8.44. The number of nitrogens with zero attached hydrogens (tertiary/aromatic N) is 2. The fourth-order valence-electron chi connectivity index (χ4n) is 4.17. The molecule has 0 bridgehead atoms. The molecule has 1 aliphatic rings. The van der Waals surface area contributed by atoms with Crippen LogP contribution in [0.15, 0.2) is 36.4 Å². The van der Waals surface area contributed by atoms with E-state index in [0.29, 0.717) is 5.92 Å². The van der Waals surface area contributed by atoms with Crippen molar-refractivity contribution in [3.63, 3.8) is 0 Å². The molecule has 2 heterocycles. The topological polar surface area (TPSA) is 52.1 Å². The Morgan fingerprint density at radius 2 is 2.08 bits per heavy atom. The van der Waals surface area contributed by atoms with Crippen LogP contribution in [0.1, 0.15) is 50.1 Å². The smallest absolute Gasteiger partial charge is 0.0628 e. The van der Waals surface area contributed by atoms with Gasteiger partial charge >= 0.3 is 0 Å². The summed E-state index contributed by atoms with van der Waals surface area (Å²) in [7, 11) is 0. The van der Waals surface area contributed by atoms with Crippen molar-refractivity contribution < 1.29 is 5.11 Å². The molecule has 0 aliphatic carbocycles. The van der Waals surface area contributed by atoms with Crippen LogP contribution < -0.4 is 0 Å². The number of aliphatic hydroxyl groups is 1. The van der Waals surface area contributed by atoms with Crippen molar-refractivity contribution in [1.29, 1.82) is 0 Å². The molecule has 26 heavy (non-hydrogen) atoms. The average Bonchev–Trinajstić information content (AvgIpc) is 3.07. The summed E-state index contributed by atoms with van der Waals surface area (Å²) in [6, 6.07) is 12.8. The van der Waals surface area contributed by atoms with Crippen molar-refractivity contribution in [3.8, 4) is 0 Å². The maximum atomic E-state index is 10.2. The van der Waals surface area contributed by atoms with E-state index >= 15 is 0 Å². The Morgan fingerprint density at radius 3 is 2.81 bits per heavy atom. The molecule has 2 aromatic rings. The molecule has 0 saturated carbocycles. The Morgan fingerprint density at radius 1 is 1.27 bits per heavy atom. The quantitative estimate of drug-likeness (QED) is 0.757. The van der Waals surface area contributed by atoms with Gasteiger partial charge in [-0.25, -0.2) is 0 Å². The molecule has 4 nitrogen and oxygen atoms in total. The number of aromatic nitrogens is 2. The third-order valence-electron chi connectivity index (χ3n) is 5.56. The van der Waals surface area contributed by atoms with Crippen LogP contribution >= 0.6 is 0 Å². The number of aliphatic hydroxyl groups excluding tert-OH is 1. The van der Waals surface area contributed by atoms with Gasteiger partial charge in [0.2, 0.25) is 0 Å². The van der Waals surface area contributed by atoms with Gasteiger partial charge in [-0.05, 0) is 56.2 Å². The first-order valence-corrected chi connectivity index (χ1v) is 9.99. The maximum Gasteiger partial charge on any atom is 0.0628 e. The van der Waals surface area contributed by atoms with Gasteiger partial charge in [0.25, 0.3) is 0 Å². The SMILES string of the molecule is CC(C)Cc1cc(CN2CCC[C@@](CO)(CCc3ccccc3)C2)[nH]n1. The first kappa shape index (κ1) is 19.1. The van der Waals surface area contributed by atoms with E-state index in [2.05, 4.69) is 65.3 Å². The number of hydrogen-bond acceptors (Lipinski definition) is 3. The van der Waals surface area contributed by atoms with Crippen molar-refractivity contribution in [2.45, 2.75) is 52.5 Å². The molecule has 3 rings (SSSR count). The van der Waals surface area contributed by atoms with Gasteiger partial charge in [0.05, 0.1) is 5.69 Å². The third kappa shape index (κ3) is 5.18. The lowest BCUT2D eigenvalue weighted by atomic mass is 9.76. The first-order valence-electron chi connectivity index (χ1n) is 9.99. The molecule has 2 N–H and O–H groups in total. The molecule has 0 spiro atoms. The minimum absolute atomic E-state index is 0.0227. The van der Waals surface area contributed by atoms with Crippen LogP contribution in [0.2, 0.25) is 0 Å². The van der Waals surface area contributed by atoms with Crippen LogP contribution in [0.4, 0.5) is 0 Å². The Hall–Kier alpha value is -1.65. The Kier molecular flexibility index (Phi) is 6.49. The van der Waals surface area contributed by atoms with E-state index in [1.54, 1.807) is 0 Å². The highest BCUT2D eigenvalue weighted by molar-refractivity contribution is 5.15. The van der Waals surface area contributed by atoms with E-state index in [-0.39, 0.29) is 12.0 Å². The minimum Gasteiger partial charge on any atom is -0.396 e. The number of rotatable bonds is 8. The molecule has 1 atom stereocenters. The lowest BCUT2D eigenvalue weighted by Crippen LogP contribution is -2.45. The first-order chi connectivity index (χ1) is 12.6. The van der Waals surface area contributed by atoms with Gasteiger partial charge in [0.15, 0.2) is 0 Å². The summed E-state index contributed by atoms with van der Waals surface area (Å²) in [6.45, 7) is 7.69. The third-order valence-corrected chi connectivity index (χ3v) is 5.56. The Bertz CT molecular complexity index is 667. The highest BCUT2D eigenvalue weighted by atomic mass is 16.3. The van der Waals surface area contributed by atoms with Crippen LogP contribution in [-0.4, -0.2) is 39.9 Å². The highest BCUT2D eigenvalue weighted by Gasteiger charge is 2.34. The number of hydrogen-bond donors (Lipinski definition) is 2. The van der Waals surface area contributed by atoms with Gasteiger partial charge in [-0.2, -0.15) is 5.10 Å². The summed E-state index contributed by atoms with van der Waals surface area (Å²) in [6.07, 6.45) is 5.38. The van der Waals surface area contributed by atoms with Gasteiger partial charge in [0, 0.05) is 30.8 Å². The highest BCUT2D eigenvalue weighted by Crippen LogP contribution is 2.35. The summed E-state index contributed by atoms with van der Waals surface area (Å²) < 4.78 is 0. The fourth-order valence-corrected chi connectivity index (χ4v) is 4.17. The van der Waals surface area contributed by atoms with Crippen LogP contribution in [0.3, 0.4) is 0 Å². The normalized spacial score (nSPS) is 21.4. The van der Waals surface area contributed by atoms with Crippen molar-refractivity contribution in [2.24, 2.45) is 11.3 Å². The Balaban J connectivity index is 1.58. The molecule has 1 fully saturated rings. The molecule has 0 radical (unpaired) electrons. The lowest BCUT2D eigenvalue weighted by Gasteiger charge is -2.42. The number of likely N-dealkylation sites (tertiary alicyclic amines) is 1. The minimum atomic E-state index is 0.0227. The van der Waals surface area contributed by atoms with E-state index in [9.17, 15) is 5.11 Å². The second-order valence-corrected chi connectivity index (χ2v) is 8.44. The number of aryl methyl sites for hydroxylation is 1. The molecule has 0 unspecified atom stereocenters. The van der Waals surface area contributed by atoms with Crippen molar-refractivity contribution >= 4 is 0 Å². The largest absolute Gasteiger partial charge is 0.396 e. The van der Waals surface area contributed by atoms with Crippen molar-refractivity contribution in [1.82, 2.24) is 15.1 Å². The van der Waals surface area contributed by atoms with Gasteiger partial charge in [-0.15, -0.1) is 0 Å². The molecule has 1 aromatic carbocycles. The van der Waals surface area contributed by atoms with Crippen molar-refractivity contribution in [3.05, 3.63) is 53.3 Å². The van der Waals surface area contributed by atoms with Crippen LogP contribution in [0, 0.1) is 11.3 Å². The summed E-state index contributed by atoms with van der Waals surface area (Å²) in [5.74, 6) is 0.626. The second kappa shape index (κ2) is 8.83. The number of nitrogens with one attached hydrogen (secondary N) is 1. The lowest BCUT2D eigenvalue weighted by molar-refractivity contribution is 0.0219. The van der Waals surface area contributed by atoms with E-state index in [1.165, 1.54) is 11.3 Å². The van der Waals surface area contributed by atoms with Gasteiger partial charge in [-0.3, -0.25) is 10.00 Å². The zero-order chi connectivity index (χ0) is 18.4. The molecular formula is C22H33N3O. The van der Waals surface area contributed by atoms with Gasteiger partial charge in [0.1, 0.15) is 0 Å². The molecule has 0 amide bonds. The predicted octanol–water partition coefficient (Wildman–Crippen LogP) is 3.82. The fraction of sp³-hybridized carbons (Fsp3) is 0.591. The molecule has 4 heteroatoms. The van der Waals surface area contributed by atoms with Crippen LogP contribution in [-0.2, 0) is 19.4 Å². The maximum absolute atomic E-state index is 10.2. The summed E-state index contributed by atoms with van der Waals surface area (Å²) in [5.41, 5.74) is 3.74. The standard InChI is InChI=1S/C22H33N3O/c1-18(2)13-20-14-21(24-23-20)15-25-12-6-10-22(16-25,17-26)11-9-19-7-4-3-5-8-19/h3-5,7-8,14,18,26H,6,9-13,15-17H2,1-2H3,(H,23,24)/t22-/m1/s1. The summed E-state index contributed by atoms with van der Waals surface area (Å²) in [5, 5.41) is 17.8. The molecule has 1 aliphatic heterocycles. The molecule has 142 valence electrons. The van der Waals surface area contributed by atoms with E-state index in [0.717, 1.165) is 57.4 Å². The average molecular weight is 356 g/mol. The zero-order valence-electron chi connectivity index (χ0n) is 16.2. The Labute approximate surface area is 157 Å². The number of benzene rings is 1. The summed E-state index contributed by atoms with van der Waals surface area (Å²) >= 11 is 0.